The molecule has 0 fully saturated rings. The summed E-state index contributed by atoms with van der Waals surface area (Å²) < 4.78 is 4.86. The van der Waals surface area contributed by atoms with Gasteiger partial charge in [0.15, 0.2) is 10.8 Å². The maximum atomic E-state index is 12.0. The third-order valence-electron chi connectivity index (χ3n) is 3.28. The van der Waals surface area contributed by atoms with Crippen molar-refractivity contribution in [1.29, 1.82) is 0 Å². The number of nitrogens with zero attached hydrogens (tertiary/aromatic N) is 4. The molecule has 0 aromatic carbocycles. The molecule has 3 aromatic heterocycles. The maximum absolute atomic E-state index is 12.0. The van der Waals surface area contributed by atoms with Crippen LogP contribution in [0.15, 0.2) is 35.1 Å². The van der Waals surface area contributed by atoms with E-state index in [1.165, 1.54) is 11.3 Å². The van der Waals surface area contributed by atoms with Gasteiger partial charge in [0.25, 0.3) is 0 Å². The third kappa shape index (κ3) is 4.93. The Morgan fingerprint density at radius 2 is 2.00 bits per heavy atom. The molecule has 26 heavy (non-hydrogen) atoms. The molecule has 0 spiro atoms. The zero-order chi connectivity index (χ0) is 18.4. The molecule has 10 heteroatoms. The fraction of sp³-hybridized carbons (Fsp3) is 0.250. The lowest BCUT2D eigenvalue weighted by molar-refractivity contribution is -0.117. The van der Waals surface area contributed by atoms with Gasteiger partial charge in [-0.05, 0) is 25.5 Å². The van der Waals surface area contributed by atoms with E-state index in [2.05, 4.69) is 31.0 Å². The standard InChI is InChI=1S/C16H16N6O3S/c1-10-8-12(22-25-10)18-13(23)5-2-6-14(24)19-16-21-20-15(26-16)11-4-3-7-17-9-11/h3-4,7-9H,2,5-6H2,1H3,(H,18,22,23)(H,19,21,24). The predicted molar refractivity (Wildman–Crippen MR) is 95.5 cm³/mol. The fourth-order valence-corrected chi connectivity index (χ4v) is 2.85. The number of hydrogen-bond acceptors (Lipinski definition) is 8. The molecule has 0 saturated carbocycles. The predicted octanol–water partition coefficient (Wildman–Crippen LogP) is 2.64. The summed E-state index contributed by atoms with van der Waals surface area (Å²) >= 11 is 1.27. The van der Waals surface area contributed by atoms with Crippen LogP contribution in [0.1, 0.15) is 25.0 Å². The lowest BCUT2D eigenvalue weighted by Crippen LogP contribution is -2.14. The summed E-state index contributed by atoms with van der Waals surface area (Å²) in [5.74, 6) is 0.543. The van der Waals surface area contributed by atoms with Gasteiger partial charge >= 0.3 is 0 Å². The Hall–Kier alpha value is -3.14. The van der Waals surface area contributed by atoms with Crippen molar-refractivity contribution in [3.05, 3.63) is 36.4 Å². The Morgan fingerprint density at radius 3 is 2.69 bits per heavy atom. The lowest BCUT2D eigenvalue weighted by Gasteiger charge is -2.02. The molecule has 0 radical (unpaired) electrons. The molecule has 0 aliphatic rings. The molecular weight excluding hydrogens is 356 g/mol. The summed E-state index contributed by atoms with van der Waals surface area (Å²) in [7, 11) is 0. The van der Waals surface area contributed by atoms with Gasteiger partial charge < -0.3 is 15.2 Å². The highest BCUT2D eigenvalue weighted by Gasteiger charge is 2.11. The van der Waals surface area contributed by atoms with Crippen LogP contribution in [0.4, 0.5) is 10.9 Å². The SMILES string of the molecule is Cc1cc(NC(=O)CCCC(=O)Nc2nnc(-c3cccnc3)s2)no1. The highest BCUT2D eigenvalue weighted by molar-refractivity contribution is 7.18. The van der Waals surface area contributed by atoms with Crippen molar-refractivity contribution < 1.29 is 14.1 Å². The van der Waals surface area contributed by atoms with E-state index in [1.54, 1.807) is 31.5 Å². The smallest absolute Gasteiger partial charge is 0.226 e. The number of hydrogen-bond donors (Lipinski definition) is 2. The van der Waals surface area contributed by atoms with Crippen molar-refractivity contribution in [3.63, 3.8) is 0 Å². The number of nitrogens with one attached hydrogen (secondary N) is 2. The van der Waals surface area contributed by atoms with E-state index in [1.807, 2.05) is 6.07 Å². The van der Waals surface area contributed by atoms with Crippen LogP contribution < -0.4 is 10.6 Å². The number of aryl methyl sites for hydroxylation is 1. The van der Waals surface area contributed by atoms with Crippen LogP contribution in [0.25, 0.3) is 10.6 Å². The first-order valence-electron chi connectivity index (χ1n) is 7.87. The second-order valence-electron chi connectivity index (χ2n) is 5.43. The minimum atomic E-state index is -0.221. The van der Waals surface area contributed by atoms with E-state index in [4.69, 9.17) is 4.52 Å². The molecule has 134 valence electrons. The summed E-state index contributed by atoms with van der Waals surface area (Å²) in [6.07, 6.45) is 4.17. The zero-order valence-corrected chi connectivity index (χ0v) is 14.7. The Balaban J connectivity index is 1.42. The molecule has 2 N–H and O–H groups in total. The van der Waals surface area contributed by atoms with Gasteiger partial charge in [-0.3, -0.25) is 14.6 Å². The molecule has 0 unspecified atom stereocenters. The molecule has 2 amide bonds. The van der Waals surface area contributed by atoms with Gasteiger partial charge in [-0.25, -0.2) is 0 Å². The van der Waals surface area contributed by atoms with Crippen molar-refractivity contribution >= 4 is 34.1 Å². The van der Waals surface area contributed by atoms with Gasteiger partial charge in [0.2, 0.25) is 16.9 Å². The van der Waals surface area contributed by atoms with Crippen LogP contribution in [0.3, 0.4) is 0 Å². The van der Waals surface area contributed by atoms with E-state index >= 15 is 0 Å². The highest BCUT2D eigenvalue weighted by atomic mass is 32.1. The number of anilines is 2. The molecule has 3 heterocycles. The quantitative estimate of drug-likeness (QED) is 0.653. The monoisotopic (exact) mass is 372 g/mol. The highest BCUT2D eigenvalue weighted by Crippen LogP contribution is 2.25. The van der Waals surface area contributed by atoms with E-state index in [0.717, 1.165) is 5.56 Å². The van der Waals surface area contributed by atoms with E-state index < -0.39 is 0 Å². The molecular formula is C16H16N6O3S. The third-order valence-corrected chi connectivity index (χ3v) is 4.17. The van der Waals surface area contributed by atoms with Crippen LogP contribution in [0.2, 0.25) is 0 Å². The Labute approximate surface area is 152 Å². The number of amides is 2. The summed E-state index contributed by atoms with van der Waals surface area (Å²) in [5, 5.41) is 18.0. The molecule has 3 aromatic rings. The van der Waals surface area contributed by atoms with Gasteiger partial charge in [0.05, 0.1) is 0 Å². The lowest BCUT2D eigenvalue weighted by atomic mass is 10.2. The topological polar surface area (TPSA) is 123 Å². The van der Waals surface area contributed by atoms with Crippen LogP contribution in [-0.2, 0) is 9.59 Å². The number of rotatable bonds is 7. The normalized spacial score (nSPS) is 10.5. The van der Waals surface area contributed by atoms with Crippen molar-refractivity contribution in [3.8, 4) is 10.6 Å². The van der Waals surface area contributed by atoms with Crippen molar-refractivity contribution in [1.82, 2.24) is 20.3 Å². The van der Waals surface area contributed by atoms with E-state index in [9.17, 15) is 9.59 Å². The molecule has 0 atom stereocenters. The Morgan fingerprint density at radius 1 is 1.19 bits per heavy atom. The minimum Gasteiger partial charge on any atom is -0.360 e. The van der Waals surface area contributed by atoms with Gasteiger partial charge in [-0.15, -0.1) is 10.2 Å². The average molecular weight is 372 g/mol. The number of pyridine rings is 1. The Kier molecular flexibility index (Phi) is 5.64. The van der Waals surface area contributed by atoms with Gasteiger partial charge in [0, 0.05) is 36.9 Å². The first-order valence-corrected chi connectivity index (χ1v) is 8.69. The second-order valence-corrected chi connectivity index (χ2v) is 6.40. The molecule has 0 bridgehead atoms. The maximum Gasteiger partial charge on any atom is 0.226 e. The molecule has 3 rings (SSSR count). The van der Waals surface area contributed by atoms with Crippen molar-refractivity contribution in [2.24, 2.45) is 0 Å². The van der Waals surface area contributed by atoms with Crippen molar-refractivity contribution in [2.45, 2.75) is 26.2 Å². The van der Waals surface area contributed by atoms with Crippen molar-refractivity contribution in [2.75, 3.05) is 10.6 Å². The number of aromatic nitrogens is 4. The number of carbonyl (C=O) groups excluding carboxylic acids is 2. The zero-order valence-electron chi connectivity index (χ0n) is 13.9. The summed E-state index contributed by atoms with van der Waals surface area (Å²) in [6.45, 7) is 1.74. The molecule has 9 nitrogen and oxygen atoms in total. The van der Waals surface area contributed by atoms with Gasteiger partial charge in [-0.1, -0.05) is 16.5 Å². The first-order chi connectivity index (χ1) is 12.6. The van der Waals surface area contributed by atoms with Crippen LogP contribution in [0, 0.1) is 6.92 Å². The largest absolute Gasteiger partial charge is 0.360 e. The molecule has 0 aliphatic carbocycles. The van der Waals surface area contributed by atoms with Gasteiger partial charge in [0.1, 0.15) is 5.76 Å². The van der Waals surface area contributed by atoms with E-state index in [0.29, 0.717) is 28.1 Å². The minimum absolute atomic E-state index is 0.201. The fourth-order valence-electron chi connectivity index (χ4n) is 2.10. The second kappa shape index (κ2) is 8.30. The van der Waals surface area contributed by atoms with Crippen LogP contribution >= 0.6 is 11.3 Å². The van der Waals surface area contributed by atoms with Crippen LogP contribution in [-0.4, -0.2) is 32.2 Å². The van der Waals surface area contributed by atoms with Gasteiger partial charge in [-0.2, -0.15) is 0 Å². The van der Waals surface area contributed by atoms with Crippen LogP contribution in [0.5, 0.6) is 0 Å². The van der Waals surface area contributed by atoms with E-state index in [-0.39, 0.29) is 24.7 Å². The molecule has 0 saturated heterocycles. The Bertz CT molecular complexity index is 892. The summed E-state index contributed by atoms with van der Waals surface area (Å²) in [4.78, 5) is 27.8. The average Bonchev–Trinajstić information content (AvgIpc) is 3.25. The summed E-state index contributed by atoms with van der Waals surface area (Å²) in [6, 6.07) is 5.30. The molecule has 0 aliphatic heterocycles. The summed E-state index contributed by atoms with van der Waals surface area (Å²) in [5.41, 5.74) is 0.838. The number of carbonyl (C=O) groups is 2. The first kappa shape index (κ1) is 17.7.